The van der Waals surface area contributed by atoms with Crippen molar-refractivity contribution < 1.29 is 9.47 Å². The summed E-state index contributed by atoms with van der Waals surface area (Å²) in [4.78, 5) is 0. The molecule has 0 fully saturated rings. The summed E-state index contributed by atoms with van der Waals surface area (Å²) in [6, 6.07) is 0. The number of hydrogen-bond donors (Lipinski definition) is 4. The second-order valence-electron chi connectivity index (χ2n) is 2.39. The van der Waals surface area contributed by atoms with Gasteiger partial charge in [0.05, 0.1) is 12.4 Å². The maximum atomic E-state index is 5.22. The van der Waals surface area contributed by atoms with Crippen LogP contribution in [0.3, 0.4) is 0 Å². The van der Waals surface area contributed by atoms with Gasteiger partial charge in [-0.25, -0.2) is 5.84 Å². The molecule has 0 rings (SSSR count). The first kappa shape index (κ1) is 12.6. The lowest BCUT2D eigenvalue weighted by Gasteiger charge is -2.08. The number of ether oxygens (including phenoxy) is 2. The summed E-state index contributed by atoms with van der Waals surface area (Å²) in [6.07, 6.45) is 3.02. The number of nitrogens with one attached hydrogen (secondary N) is 1. The summed E-state index contributed by atoms with van der Waals surface area (Å²) in [6.45, 7) is 3.50. The Hall–Kier alpha value is -1.40. The molecule has 0 aliphatic carbocycles. The molecule has 6 heteroatoms. The van der Waals surface area contributed by atoms with Crippen molar-refractivity contribution in [2.75, 3.05) is 19.8 Å². The van der Waals surface area contributed by atoms with Crippen molar-refractivity contribution in [1.82, 2.24) is 5.43 Å². The number of hydrazine groups is 1. The van der Waals surface area contributed by atoms with Gasteiger partial charge in [-0.2, -0.15) is 0 Å². The Labute approximate surface area is 83.7 Å². The van der Waals surface area contributed by atoms with Crippen LogP contribution in [0.5, 0.6) is 0 Å². The average molecular weight is 202 g/mol. The molecule has 0 unspecified atom stereocenters. The smallest absolute Gasteiger partial charge is 0.201 e. The molecule has 0 saturated carbocycles. The molecule has 0 amide bonds. The molecule has 0 bridgehead atoms. The van der Waals surface area contributed by atoms with Crippen LogP contribution < -0.4 is 22.7 Å². The molecule has 14 heavy (non-hydrogen) atoms. The highest BCUT2D eigenvalue weighted by molar-refractivity contribution is 5.09. The molecule has 0 aliphatic heterocycles. The fraction of sp³-hybridized carbons (Fsp3) is 0.500. The summed E-state index contributed by atoms with van der Waals surface area (Å²) < 4.78 is 10.3. The summed E-state index contributed by atoms with van der Waals surface area (Å²) in [5, 5.41) is 0. The van der Waals surface area contributed by atoms with E-state index in [1.807, 2.05) is 6.92 Å². The third kappa shape index (κ3) is 7.26. The lowest BCUT2D eigenvalue weighted by atomic mass is 10.5. The second kappa shape index (κ2) is 8.21. The van der Waals surface area contributed by atoms with E-state index < -0.39 is 0 Å². The molecule has 0 heterocycles. The van der Waals surface area contributed by atoms with Crippen LogP contribution >= 0.6 is 0 Å². The molecular weight excluding hydrogens is 184 g/mol. The topological polar surface area (TPSA) is 109 Å². The predicted octanol–water partition coefficient (Wildman–Crippen LogP) is -0.897. The van der Waals surface area contributed by atoms with Gasteiger partial charge in [-0.05, 0) is 13.0 Å². The summed E-state index contributed by atoms with van der Waals surface area (Å²) >= 11 is 0. The van der Waals surface area contributed by atoms with Crippen molar-refractivity contribution >= 4 is 0 Å². The van der Waals surface area contributed by atoms with Crippen LogP contribution in [0.15, 0.2) is 23.9 Å². The normalized spacial score (nSPS) is 10.9. The maximum Gasteiger partial charge on any atom is 0.201 e. The van der Waals surface area contributed by atoms with Crippen LogP contribution in [-0.2, 0) is 9.47 Å². The molecule has 0 aromatic heterocycles. The first-order valence-electron chi connectivity index (χ1n) is 4.30. The highest BCUT2D eigenvalue weighted by atomic mass is 16.5. The van der Waals surface area contributed by atoms with Crippen molar-refractivity contribution in [1.29, 1.82) is 0 Å². The summed E-state index contributed by atoms with van der Waals surface area (Å²) in [5.41, 5.74) is 12.8. The van der Waals surface area contributed by atoms with E-state index in [2.05, 4.69) is 5.43 Å². The standard InChI is InChI=1S/C8H18N4O2/c1-2-13-5-6-14-8(12-11)4-3-7(9)10/h3-4,12H,2,5-6,9-11H2,1H3/b8-4+. The van der Waals surface area contributed by atoms with Gasteiger partial charge in [0, 0.05) is 12.7 Å². The molecule has 0 atom stereocenters. The third-order valence-corrected chi connectivity index (χ3v) is 1.26. The minimum atomic E-state index is 0.186. The van der Waals surface area contributed by atoms with Crippen molar-refractivity contribution in [2.45, 2.75) is 6.92 Å². The van der Waals surface area contributed by atoms with Gasteiger partial charge in [0.25, 0.3) is 0 Å². The van der Waals surface area contributed by atoms with E-state index in [0.29, 0.717) is 25.7 Å². The SMILES string of the molecule is CCOCCO/C(=C/C=C(N)N)NN. The number of rotatable bonds is 7. The van der Waals surface area contributed by atoms with Crippen molar-refractivity contribution in [3.05, 3.63) is 23.9 Å². The van der Waals surface area contributed by atoms with Crippen molar-refractivity contribution in [3.63, 3.8) is 0 Å². The quantitative estimate of drug-likeness (QED) is 0.140. The lowest BCUT2D eigenvalue weighted by Crippen LogP contribution is -2.24. The fourth-order valence-corrected chi connectivity index (χ4v) is 0.665. The Morgan fingerprint density at radius 3 is 2.50 bits per heavy atom. The largest absolute Gasteiger partial charge is 0.476 e. The van der Waals surface area contributed by atoms with E-state index in [-0.39, 0.29) is 5.82 Å². The Kier molecular flexibility index (Phi) is 7.39. The van der Waals surface area contributed by atoms with Crippen molar-refractivity contribution in [2.24, 2.45) is 17.3 Å². The Bertz CT molecular complexity index is 200. The second-order valence-corrected chi connectivity index (χ2v) is 2.39. The first-order valence-corrected chi connectivity index (χ1v) is 4.30. The van der Waals surface area contributed by atoms with Gasteiger partial charge in [0.15, 0.2) is 0 Å². The number of allylic oxidation sites excluding steroid dienone is 2. The summed E-state index contributed by atoms with van der Waals surface area (Å²) in [5.74, 6) is 5.75. The van der Waals surface area contributed by atoms with Crippen LogP contribution in [-0.4, -0.2) is 19.8 Å². The molecule has 0 saturated heterocycles. The minimum Gasteiger partial charge on any atom is -0.476 e. The van der Waals surface area contributed by atoms with Crippen LogP contribution in [0.1, 0.15) is 6.92 Å². The van der Waals surface area contributed by atoms with E-state index in [0.717, 1.165) is 0 Å². The highest BCUT2D eigenvalue weighted by Crippen LogP contribution is 1.91. The Morgan fingerprint density at radius 1 is 1.29 bits per heavy atom. The van der Waals surface area contributed by atoms with Gasteiger partial charge < -0.3 is 20.9 Å². The third-order valence-electron chi connectivity index (χ3n) is 1.26. The van der Waals surface area contributed by atoms with Gasteiger partial charge in [0.2, 0.25) is 5.88 Å². The zero-order valence-corrected chi connectivity index (χ0v) is 8.32. The maximum absolute atomic E-state index is 5.22. The van der Waals surface area contributed by atoms with Gasteiger partial charge >= 0.3 is 0 Å². The molecular formula is C8H18N4O2. The average Bonchev–Trinajstić information content (AvgIpc) is 2.16. The fourth-order valence-electron chi connectivity index (χ4n) is 0.665. The predicted molar refractivity (Wildman–Crippen MR) is 54.3 cm³/mol. The van der Waals surface area contributed by atoms with E-state index in [1.165, 1.54) is 6.08 Å². The van der Waals surface area contributed by atoms with Crippen molar-refractivity contribution in [3.8, 4) is 0 Å². The lowest BCUT2D eigenvalue weighted by molar-refractivity contribution is 0.0773. The van der Waals surface area contributed by atoms with Crippen LogP contribution in [0.2, 0.25) is 0 Å². The molecule has 82 valence electrons. The highest BCUT2D eigenvalue weighted by Gasteiger charge is 1.93. The van der Waals surface area contributed by atoms with Crippen LogP contribution in [0.25, 0.3) is 0 Å². The van der Waals surface area contributed by atoms with E-state index in [4.69, 9.17) is 26.8 Å². The molecule has 0 radical (unpaired) electrons. The van der Waals surface area contributed by atoms with E-state index >= 15 is 0 Å². The molecule has 7 N–H and O–H groups in total. The summed E-state index contributed by atoms with van der Waals surface area (Å²) in [7, 11) is 0. The van der Waals surface area contributed by atoms with Crippen LogP contribution in [0.4, 0.5) is 0 Å². The van der Waals surface area contributed by atoms with Crippen LogP contribution in [0, 0.1) is 0 Å². The van der Waals surface area contributed by atoms with E-state index in [1.54, 1.807) is 6.08 Å². The molecule has 0 aliphatic rings. The Morgan fingerprint density at radius 2 is 2.00 bits per heavy atom. The molecule has 0 aromatic carbocycles. The van der Waals surface area contributed by atoms with Gasteiger partial charge in [-0.15, -0.1) is 0 Å². The molecule has 6 nitrogen and oxygen atoms in total. The van der Waals surface area contributed by atoms with Gasteiger partial charge in [-0.1, -0.05) is 0 Å². The number of nitrogens with two attached hydrogens (primary N) is 3. The molecule has 0 aromatic rings. The van der Waals surface area contributed by atoms with E-state index in [9.17, 15) is 0 Å². The van der Waals surface area contributed by atoms with Gasteiger partial charge in [0.1, 0.15) is 6.61 Å². The zero-order valence-electron chi connectivity index (χ0n) is 8.32. The van der Waals surface area contributed by atoms with Gasteiger partial charge in [-0.3, -0.25) is 5.43 Å². The minimum absolute atomic E-state index is 0.186. The molecule has 0 spiro atoms. The zero-order chi connectivity index (χ0) is 10.8. The monoisotopic (exact) mass is 202 g/mol. The number of hydrogen-bond acceptors (Lipinski definition) is 6. The first-order chi connectivity index (χ1) is 6.70. The Balaban J connectivity index is 3.79.